The largest absolute Gasteiger partial charge is 0.493 e. The Morgan fingerprint density at radius 1 is 0.900 bits per heavy atom. The molecule has 1 N–H and O–H groups in total. The van der Waals surface area contributed by atoms with Crippen LogP contribution in [-0.4, -0.2) is 64.2 Å². The Balaban J connectivity index is 1.61. The van der Waals surface area contributed by atoms with Crippen molar-refractivity contribution in [3.63, 3.8) is 0 Å². The van der Waals surface area contributed by atoms with Crippen LogP contribution in [0.25, 0.3) is 0 Å². The third-order valence-corrected chi connectivity index (χ3v) is 8.58. The van der Waals surface area contributed by atoms with Gasteiger partial charge in [-0.05, 0) is 17.7 Å². The zero-order chi connectivity index (χ0) is 28.0. The molecule has 1 saturated carbocycles. The van der Waals surface area contributed by atoms with Crippen molar-refractivity contribution in [1.82, 2.24) is 4.90 Å². The molecule has 3 aliphatic heterocycles. The van der Waals surface area contributed by atoms with E-state index in [0.717, 1.165) is 5.56 Å². The van der Waals surface area contributed by atoms with E-state index >= 15 is 0 Å². The van der Waals surface area contributed by atoms with Gasteiger partial charge in [0.05, 0.1) is 32.8 Å². The first-order chi connectivity index (χ1) is 19.3. The second-order valence-corrected chi connectivity index (χ2v) is 10.5. The van der Waals surface area contributed by atoms with Crippen LogP contribution in [0, 0.1) is 5.92 Å². The highest BCUT2D eigenvalue weighted by molar-refractivity contribution is 5.84. The van der Waals surface area contributed by atoms with Gasteiger partial charge in [-0.3, -0.25) is 4.79 Å². The monoisotopic (exact) mass is 547 g/mol. The smallest absolute Gasteiger partial charge is 0.231 e. The summed E-state index contributed by atoms with van der Waals surface area (Å²) in [7, 11) is 7.93. The number of carbonyl (C=O) groups is 1. The van der Waals surface area contributed by atoms with E-state index in [9.17, 15) is 9.90 Å². The number of ether oxygens (including phenoxy) is 7. The molecule has 10 heteroatoms. The molecule has 10 nitrogen and oxygen atoms in total. The maximum absolute atomic E-state index is 13.9. The van der Waals surface area contributed by atoms with E-state index in [0.29, 0.717) is 51.4 Å². The Kier molecular flexibility index (Phi) is 5.16. The maximum atomic E-state index is 13.9. The topological polar surface area (TPSA) is 105 Å². The number of hydrogen-bond donors (Lipinski definition) is 1. The molecule has 4 aliphatic rings. The molecule has 40 heavy (non-hydrogen) atoms. The van der Waals surface area contributed by atoms with Crippen molar-refractivity contribution in [2.75, 3.05) is 42.2 Å². The Bertz CT molecular complexity index is 1540. The van der Waals surface area contributed by atoms with Crippen molar-refractivity contribution in [3.05, 3.63) is 65.2 Å². The number of fused-ring (bicyclic) bond motifs is 3. The first-order valence-corrected chi connectivity index (χ1v) is 12.9. The Morgan fingerprint density at radius 2 is 1.65 bits per heavy atom. The minimum Gasteiger partial charge on any atom is -0.493 e. The van der Waals surface area contributed by atoms with E-state index in [1.54, 1.807) is 33.3 Å². The molecule has 208 valence electrons. The average molecular weight is 548 g/mol. The van der Waals surface area contributed by atoms with Gasteiger partial charge in [-0.25, -0.2) is 0 Å². The molecule has 5 atom stereocenters. The number of nitrogens with zero attached hydrogens (tertiary/aromatic N) is 1. The summed E-state index contributed by atoms with van der Waals surface area (Å²) in [5.41, 5.74) is -1.15. The van der Waals surface area contributed by atoms with Crippen molar-refractivity contribution in [2.24, 2.45) is 5.92 Å². The molecule has 3 aromatic carbocycles. The lowest BCUT2D eigenvalue weighted by molar-refractivity contribution is -0.140. The van der Waals surface area contributed by atoms with E-state index in [-0.39, 0.29) is 12.7 Å². The highest BCUT2D eigenvalue weighted by Crippen LogP contribution is 2.77. The molecule has 7 rings (SSSR count). The van der Waals surface area contributed by atoms with E-state index in [2.05, 4.69) is 0 Å². The van der Waals surface area contributed by atoms with E-state index in [1.165, 1.54) is 19.1 Å². The van der Waals surface area contributed by atoms with Gasteiger partial charge in [0.2, 0.25) is 29.8 Å². The molecule has 0 bridgehead atoms. The number of aliphatic hydroxyl groups excluding tert-OH is 1. The summed E-state index contributed by atoms with van der Waals surface area (Å²) in [4.78, 5) is 15.4. The first kappa shape index (κ1) is 24.7. The highest BCUT2D eigenvalue weighted by Gasteiger charge is 2.84. The van der Waals surface area contributed by atoms with Gasteiger partial charge in [0.1, 0.15) is 11.9 Å². The quantitative estimate of drug-likeness (QED) is 0.516. The number of rotatable bonds is 5. The number of hydrogen-bond acceptors (Lipinski definition) is 9. The van der Waals surface area contributed by atoms with Gasteiger partial charge in [0.25, 0.3) is 0 Å². The molecule has 1 amide bonds. The minimum atomic E-state index is -1.62. The maximum Gasteiger partial charge on any atom is 0.231 e. The normalized spacial score (nSPS) is 28.0. The minimum absolute atomic E-state index is 0.00969. The van der Waals surface area contributed by atoms with Gasteiger partial charge < -0.3 is 43.2 Å². The van der Waals surface area contributed by atoms with E-state index in [4.69, 9.17) is 33.2 Å². The van der Waals surface area contributed by atoms with Gasteiger partial charge in [-0.2, -0.15) is 0 Å². The summed E-state index contributed by atoms with van der Waals surface area (Å²) >= 11 is 0. The lowest BCUT2D eigenvalue weighted by Crippen LogP contribution is -2.52. The third-order valence-electron chi connectivity index (χ3n) is 8.58. The summed E-state index contributed by atoms with van der Waals surface area (Å²) in [5, 5.41) is 12.5. The van der Waals surface area contributed by atoms with Crippen LogP contribution < -0.4 is 33.2 Å². The van der Waals surface area contributed by atoms with Crippen LogP contribution in [-0.2, 0) is 16.0 Å². The summed E-state index contributed by atoms with van der Waals surface area (Å²) in [6, 6.07) is 14.9. The summed E-state index contributed by atoms with van der Waals surface area (Å²) in [6.07, 6.45) is -1.37. The van der Waals surface area contributed by atoms with Crippen molar-refractivity contribution in [2.45, 2.75) is 23.2 Å². The zero-order valence-corrected chi connectivity index (χ0v) is 22.7. The van der Waals surface area contributed by atoms with Crippen LogP contribution in [0.1, 0.15) is 22.6 Å². The van der Waals surface area contributed by atoms with Gasteiger partial charge in [0.15, 0.2) is 28.6 Å². The van der Waals surface area contributed by atoms with Crippen LogP contribution in [0.15, 0.2) is 48.5 Å². The Labute approximate surface area is 230 Å². The average Bonchev–Trinajstić information content (AvgIpc) is 3.67. The standard InChI is InChI=1S/C30H29NO9/c1-31(2)28(33)20-21(15-9-7-6-8-10-15)29-16-11-12-17(34-3)24(35-4)23(16)40-30(29,27(20)32)22-18(39-29)13-19-25(26(22)36-5)38-14-37-19/h6-13,20-21,27,32H,14H2,1-5H3/t20-,21-,27-,29+,30+/m1/s1. The molecule has 0 radical (unpaired) electrons. The summed E-state index contributed by atoms with van der Waals surface area (Å²) < 4.78 is 42.7. The van der Waals surface area contributed by atoms with Crippen molar-refractivity contribution in [1.29, 1.82) is 0 Å². The van der Waals surface area contributed by atoms with Gasteiger partial charge in [-0.15, -0.1) is 0 Å². The fourth-order valence-corrected chi connectivity index (χ4v) is 7.14. The fraction of sp³-hybridized carbons (Fsp3) is 0.367. The molecule has 1 aliphatic carbocycles. The summed E-state index contributed by atoms with van der Waals surface area (Å²) in [5.74, 6) is 0.881. The van der Waals surface area contributed by atoms with Crippen LogP contribution in [0.5, 0.6) is 40.2 Å². The molecule has 3 heterocycles. The number of methoxy groups -OCH3 is 3. The predicted octanol–water partition coefficient (Wildman–Crippen LogP) is 3.18. The van der Waals surface area contributed by atoms with Crippen LogP contribution in [0.3, 0.4) is 0 Å². The van der Waals surface area contributed by atoms with Crippen molar-refractivity contribution >= 4 is 5.91 Å². The van der Waals surface area contributed by atoms with Gasteiger partial charge >= 0.3 is 0 Å². The van der Waals surface area contributed by atoms with Gasteiger partial charge in [-0.1, -0.05) is 30.3 Å². The SMILES string of the molecule is COc1ccc2c(c1OC)O[C@]13c4c(cc5c(c4OC)OCO5)O[C@]21[C@H](c1ccccc1)[C@@H](C(=O)N(C)C)[C@H]3O. The van der Waals surface area contributed by atoms with Gasteiger partial charge in [0, 0.05) is 31.6 Å². The molecule has 0 aromatic heterocycles. The van der Waals surface area contributed by atoms with Crippen molar-refractivity contribution < 1.29 is 43.1 Å². The van der Waals surface area contributed by atoms with Crippen LogP contribution >= 0.6 is 0 Å². The van der Waals surface area contributed by atoms with Crippen LogP contribution in [0.4, 0.5) is 0 Å². The highest BCUT2D eigenvalue weighted by atomic mass is 16.7. The lowest BCUT2D eigenvalue weighted by Gasteiger charge is -2.36. The van der Waals surface area contributed by atoms with Crippen LogP contribution in [0.2, 0.25) is 0 Å². The Morgan fingerprint density at radius 3 is 2.33 bits per heavy atom. The number of aliphatic hydroxyl groups is 1. The fourth-order valence-electron chi connectivity index (χ4n) is 7.14. The molecule has 0 saturated heterocycles. The molecule has 0 spiro atoms. The predicted molar refractivity (Wildman–Crippen MR) is 141 cm³/mol. The number of benzene rings is 3. The van der Waals surface area contributed by atoms with Crippen molar-refractivity contribution in [3.8, 4) is 40.2 Å². The van der Waals surface area contributed by atoms with E-state index in [1.807, 2.05) is 36.4 Å². The zero-order valence-electron chi connectivity index (χ0n) is 22.7. The molecular weight excluding hydrogens is 518 g/mol. The first-order valence-electron chi connectivity index (χ1n) is 12.9. The summed E-state index contributed by atoms with van der Waals surface area (Å²) in [6.45, 7) is 0.00969. The lowest BCUT2D eigenvalue weighted by atomic mass is 9.71. The second-order valence-electron chi connectivity index (χ2n) is 10.5. The number of carbonyl (C=O) groups excluding carboxylic acids is 1. The third kappa shape index (κ3) is 2.69. The number of amides is 1. The molecule has 3 aromatic rings. The molecule has 0 unspecified atom stereocenters. The molecular formula is C30H29NO9. The Hall–Kier alpha value is -4.31. The second kappa shape index (κ2) is 8.34. The molecule has 1 fully saturated rings. The van der Waals surface area contributed by atoms with E-state index < -0.39 is 29.1 Å².